The van der Waals surface area contributed by atoms with E-state index < -0.39 is 10.9 Å². The number of quaternary nitrogens is 1. The van der Waals surface area contributed by atoms with Crippen molar-refractivity contribution in [2.45, 2.75) is 0 Å². The summed E-state index contributed by atoms with van der Waals surface area (Å²) in [6.07, 6.45) is 0.190. The molecule has 0 bridgehead atoms. The van der Waals surface area contributed by atoms with Gasteiger partial charge in [0, 0.05) is 4.47 Å². The smallest absolute Gasteiger partial charge is 0.306 e. The second-order valence-electron chi connectivity index (χ2n) is 4.26. The van der Waals surface area contributed by atoms with Crippen LogP contribution in [-0.4, -0.2) is 10.9 Å². The average Bonchev–Trinajstić information content (AvgIpc) is 2.52. The lowest BCUT2D eigenvalue weighted by Gasteiger charge is -2.15. The Bertz CT molecular complexity index is 691. The lowest BCUT2D eigenvalue weighted by atomic mass is 10.2. The Labute approximate surface area is 134 Å². The topological polar surface area (TPSA) is 112 Å². The number of nitrogens with zero attached hydrogens (tertiary/aromatic N) is 1. The second-order valence-corrected chi connectivity index (χ2v) is 5.12. The van der Waals surface area contributed by atoms with Gasteiger partial charge in [0.25, 0.3) is 0 Å². The van der Waals surface area contributed by atoms with Gasteiger partial charge in [0.2, 0.25) is 5.69 Å². The summed E-state index contributed by atoms with van der Waals surface area (Å²) in [7, 11) is 0. The summed E-state index contributed by atoms with van der Waals surface area (Å²) in [6.45, 7) is 0. The van der Waals surface area contributed by atoms with Crippen LogP contribution in [0.25, 0.3) is 0 Å². The summed E-state index contributed by atoms with van der Waals surface area (Å²) < 4.78 is 0.613. The number of benzene rings is 2. The molecule has 0 aromatic heterocycles. The number of hydrogen-bond acceptors (Lipinski definition) is 5. The maximum absolute atomic E-state index is 11.9. The molecule has 0 radical (unpaired) electrons. The standard InChI is InChI=1S/C14H12BrN3O4/c15-12-4-2-1-3-11(12)14(19)22-17-13(16)9-5-7-10(8-6-9)18(20)21/h1-8H,16-17H2. The molecule has 2 aromatic carbocycles. The fourth-order valence-electron chi connectivity index (χ4n) is 1.65. The van der Waals surface area contributed by atoms with E-state index in [0.717, 1.165) is 5.48 Å². The van der Waals surface area contributed by atoms with E-state index in [-0.39, 0.29) is 11.9 Å². The van der Waals surface area contributed by atoms with Crippen molar-refractivity contribution in [3.8, 4) is 0 Å². The van der Waals surface area contributed by atoms with Crippen LogP contribution >= 0.6 is 15.9 Å². The predicted octanol–water partition coefficient (Wildman–Crippen LogP) is 1.49. The maximum Gasteiger partial charge on any atom is 0.397 e. The first-order valence-corrected chi connectivity index (χ1v) is 6.94. The van der Waals surface area contributed by atoms with E-state index in [1.54, 1.807) is 24.3 Å². The van der Waals surface area contributed by atoms with E-state index >= 15 is 0 Å². The van der Waals surface area contributed by atoms with E-state index in [9.17, 15) is 14.9 Å². The van der Waals surface area contributed by atoms with Crippen LogP contribution in [0.3, 0.4) is 0 Å². The number of nitrogens with two attached hydrogens (primary N) is 2. The highest BCUT2D eigenvalue weighted by Crippen LogP contribution is 2.16. The summed E-state index contributed by atoms with van der Waals surface area (Å²) in [5.41, 5.74) is 7.75. The van der Waals surface area contributed by atoms with Crippen molar-refractivity contribution in [1.82, 2.24) is 0 Å². The minimum atomic E-state index is -0.558. The largest absolute Gasteiger partial charge is 0.397 e. The van der Waals surface area contributed by atoms with Crippen molar-refractivity contribution in [2.24, 2.45) is 5.73 Å². The first-order chi connectivity index (χ1) is 10.5. The number of halogens is 1. The van der Waals surface area contributed by atoms with Gasteiger partial charge in [-0.1, -0.05) is 12.1 Å². The number of hydroxylamine groups is 1. The zero-order chi connectivity index (χ0) is 16.1. The number of carbonyl (C=O) groups is 1. The molecule has 2 rings (SSSR count). The molecule has 4 N–H and O–H groups in total. The molecule has 8 heteroatoms. The van der Waals surface area contributed by atoms with Crippen LogP contribution in [0.4, 0.5) is 5.69 Å². The fourth-order valence-corrected chi connectivity index (χ4v) is 2.10. The molecule has 22 heavy (non-hydrogen) atoms. The maximum atomic E-state index is 11.9. The lowest BCUT2D eigenvalue weighted by Crippen LogP contribution is -2.88. The normalized spacial score (nSPS) is 10.1. The molecule has 0 saturated heterocycles. The van der Waals surface area contributed by atoms with Crippen LogP contribution in [0.15, 0.2) is 53.0 Å². The summed E-state index contributed by atoms with van der Waals surface area (Å²) >= 11 is 3.25. The van der Waals surface area contributed by atoms with Crippen LogP contribution in [0.1, 0.15) is 15.9 Å². The zero-order valence-corrected chi connectivity index (χ0v) is 12.8. The Morgan fingerprint density at radius 2 is 1.86 bits per heavy atom. The van der Waals surface area contributed by atoms with Crippen molar-refractivity contribution >= 4 is 27.6 Å². The average molecular weight is 366 g/mol. The Morgan fingerprint density at radius 1 is 1.23 bits per heavy atom. The molecule has 114 valence electrons. The van der Waals surface area contributed by atoms with Gasteiger partial charge in [0.1, 0.15) is 6.17 Å². The third-order valence-corrected chi connectivity index (χ3v) is 3.49. The Balaban J connectivity index is 1.97. The first-order valence-electron chi connectivity index (χ1n) is 6.15. The third kappa shape index (κ3) is 3.82. The number of rotatable bonds is 5. The van der Waals surface area contributed by atoms with E-state index in [1.807, 2.05) is 0 Å². The minimum absolute atomic E-state index is 0.0400. The number of non-ortho nitro benzene ring substituents is 1. The van der Waals surface area contributed by atoms with Crippen molar-refractivity contribution in [1.29, 1.82) is 0 Å². The minimum Gasteiger partial charge on any atom is -0.306 e. The number of nitro benzene ring substituents is 1. The quantitative estimate of drug-likeness (QED) is 0.473. The molecule has 0 amide bonds. The van der Waals surface area contributed by atoms with Crippen LogP contribution in [-0.2, 0) is 4.84 Å². The van der Waals surface area contributed by atoms with Crippen molar-refractivity contribution < 1.29 is 20.0 Å². The fraction of sp³-hybridized carbons (Fsp3) is 0. The highest BCUT2D eigenvalue weighted by molar-refractivity contribution is 9.10. The number of nitro groups is 1. The van der Waals surface area contributed by atoms with Gasteiger partial charge in [-0.25, -0.2) is 4.79 Å². The van der Waals surface area contributed by atoms with Crippen molar-refractivity contribution in [2.75, 3.05) is 0 Å². The summed E-state index contributed by atoms with van der Waals surface area (Å²) in [6, 6.07) is 12.4. The summed E-state index contributed by atoms with van der Waals surface area (Å²) in [5.74, 6) is -0.558. The molecule has 0 fully saturated rings. The van der Waals surface area contributed by atoms with E-state index in [0.29, 0.717) is 15.6 Å². The highest BCUT2D eigenvalue weighted by Gasteiger charge is 2.14. The summed E-state index contributed by atoms with van der Waals surface area (Å²) in [4.78, 5) is 27.0. The van der Waals surface area contributed by atoms with Gasteiger partial charge in [0.05, 0.1) is 10.5 Å². The molecule has 0 aliphatic carbocycles. The Morgan fingerprint density at radius 3 is 2.45 bits per heavy atom. The monoisotopic (exact) mass is 365 g/mol. The van der Waals surface area contributed by atoms with Crippen molar-refractivity contribution in [3.05, 3.63) is 80.4 Å². The lowest BCUT2D eigenvalue weighted by molar-refractivity contribution is -0.855. The zero-order valence-electron chi connectivity index (χ0n) is 11.2. The summed E-state index contributed by atoms with van der Waals surface area (Å²) in [5, 5.41) is 10.6. The van der Waals surface area contributed by atoms with Gasteiger partial charge in [-0.2, -0.15) is 5.48 Å². The Hall–Kier alpha value is -2.42. The SMILES string of the molecule is N[C-]([NH2+]OC(=O)c1ccccc1Br)c1ccc([N+](=O)[O-])cc1. The molecular formula is C14H12BrN3O4. The molecule has 0 saturated carbocycles. The van der Waals surface area contributed by atoms with Gasteiger partial charge in [0.15, 0.2) is 0 Å². The molecule has 0 aliphatic heterocycles. The van der Waals surface area contributed by atoms with E-state index in [4.69, 9.17) is 10.6 Å². The molecule has 2 aromatic rings. The predicted molar refractivity (Wildman–Crippen MR) is 81.1 cm³/mol. The van der Waals surface area contributed by atoms with E-state index in [2.05, 4.69) is 15.9 Å². The van der Waals surface area contributed by atoms with Gasteiger partial charge < -0.3 is 5.73 Å². The van der Waals surface area contributed by atoms with Gasteiger partial charge in [-0.15, -0.1) is 17.7 Å². The Kier molecular flexibility index (Phi) is 5.10. The van der Waals surface area contributed by atoms with Gasteiger partial charge >= 0.3 is 5.97 Å². The highest BCUT2D eigenvalue weighted by atomic mass is 79.9. The third-order valence-electron chi connectivity index (χ3n) is 2.80. The molecule has 0 spiro atoms. The van der Waals surface area contributed by atoms with Gasteiger partial charge in [-0.3, -0.25) is 15.0 Å². The first kappa shape index (κ1) is 16.0. The molecule has 0 atom stereocenters. The molecule has 0 unspecified atom stereocenters. The van der Waals surface area contributed by atoms with Crippen LogP contribution in [0, 0.1) is 16.3 Å². The second kappa shape index (κ2) is 7.03. The molecule has 0 aliphatic rings. The van der Waals surface area contributed by atoms with Gasteiger partial charge in [-0.05, 0) is 40.2 Å². The van der Waals surface area contributed by atoms with E-state index in [1.165, 1.54) is 24.3 Å². The number of carbonyl (C=O) groups excluding carboxylic acids is 1. The molecule has 7 nitrogen and oxygen atoms in total. The van der Waals surface area contributed by atoms with Crippen molar-refractivity contribution in [3.63, 3.8) is 0 Å². The number of hydrogen-bond donors (Lipinski definition) is 2. The molecule has 0 heterocycles. The van der Waals surface area contributed by atoms with Crippen LogP contribution < -0.4 is 11.2 Å². The molecular weight excluding hydrogens is 354 g/mol. The van der Waals surface area contributed by atoms with Crippen LogP contribution in [0.2, 0.25) is 0 Å². The van der Waals surface area contributed by atoms with Crippen LogP contribution in [0.5, 0.6) is 0 Å².